The van der Waals surface area contributed by atoms with Gasteiger partial charge in [-0.25, -0.2) is 0 Å². The molecule has 0 bridgehead atoms. The molecule has 1 aliphatic rings. The first-order valence-corrected chi connectivity index (χ1v) is 8.27. The monoisotopic (exact) mass is 354 g/mol. The lowest BCUT2D eigenvalue weighted by molar-refractivity contribution is -0.314. The van der Waals surface area contributed by atoms with Crippen molar-refractivity contribution in [2.45, 2.75) is 30.7 Å². The topological polar surface area (TPSA) is 55.4 Å². The molecule has 0 spiro atoms. The third kappa shape index (κ3) is 6.86. The Morgan fingerprint density at radius 2 is 1.28 bits per heavy atom. The maximum Gasteiger partial charge on any atom is 0.186 e. The first-order valence-electron chi connectivity index (χ1n) is 8.27. The van der Waals surface area contributed by atoms with Crippen LogP contribution < -0.4 is 0 Å². The molecular formula is C19H30O6. The molecule has 1 unspecified atom stereocenters. The minimum Gasteiger partial charge on any atom is -0.375 e. The average molecular weight is 354 g/mol. The van der Waals surface area contributed by atoms with Crippen LogP contribution in [0.3, 0.4) is 0 Å². The van der Waals surface area contributed by atoms with Gasteiger partial charge in [0.15, 0.2) is 6.29 Å². The van der Waals surface area contributed by atoms with Crippen molar-refractivity contribution in [1.29, 1.82) is 0 Å². The van der Waals surface area contributed by atoms with Crippen molar-refractivity contribution >= 4 is 0 Å². The molecule has 1 heterocycles. The molecule has 0 amide bonds. The second-order valence-electron chi connectivity index (χ2n) is 5.36. The Labute approximate surface area is 150 Å². The van der Waals surface area contributed by atoms with Crippen molar-refractivity contribution in [1.82, 2.24) is 0 Å². The summed E-state index contributed by atoms with van der Waals surface area (Å²) in [5.74, 6) is 0. The molecule has 25 heavy (non-hydrogen) atoms. The first kappa shape index (κ1) is 21.8. The molecule has 0 N–H and O–H groups in total. The molecule has 6 heteroatoms. The van der Waals surface area contributed by atoms with E-state index in [1.54, 1.807) is 31.4 Å². The van der Waals surface area contributed by atoms with Gasteiger partial charge in [0.2, 0.25) is 0 Å². The molecule has 1 saturated heterocycles. The zero-order chi connectivity index (χ0) is 18.5. The number of hydrogen-bond acceptors (Lipinski definition) is 6. The first-order chi connectivity index (χ1) is 12.2. The molecule has 1 aliphatic heterocycles. The lowest BCUT2D eigenvalue weighted by Gasteiger charge is -2.45. The van der Waals surface area contributed by atoms with Crippen LogP contribution in [-0.4, -0.2) is 70.9 Å². The van der Waals surface area contributed by atoms with Gasteiger partial charge in [-0.05, 0) is 0 Å². The Hall–Kier alpha value is -1.28. The van der Waals surface area contributed by atoms with Gasteiger partial charge in [-0.2, -0.15) is 0 Å². The predicted molar refractivity (Wildman–Crippen MR) is 96.5 cm³/mol. The van der Waals surface area contributed by atoms with Crippen molar-refractivity contribution in [3.63, 3.8) is 0 Å². The van der Waals surface area contributed by atoms with E-state index in [1.165, 1.54) is 0 Å². The highest BCUT2D eigenvalue weighted by Crippen LogP contribution is 2.29. The zero-order valence-electron chi connectivity index (χ0n) is 15.0. The molecule has 0 aromatic carbocycles. The average Bonchev–Trinajstić information content (AvgIpc) is 2.63. The van der Waals surface area contributed by atoms with Crippen molar-refractivity contribution in [2.75, 3.05) is 40.1 Å². The maximum atomic E-state index is 6.01. The summed E-state index contributed by atoms with van der Waals surface area (Å²) in [6.45, 7) is 16.5. The second-order valence-corrected chi connectivity index (χ2v) is 5.36. The molecule has 5 atom stereocenters. The van der Waals surface area contributed by atoms with Gasteiger partial charge in [0.25, 0.3) is 0 Å². The molecular weight excluding hydrogens is 324 g/mol. The summed E-state index contributed by atoms with van der Waals surface area (Å²) in [5.41, 5.74) is 0. The smallest absolute Gasteiger partial charge is 0.186 e. The van der Waals surface area contributed by atoms with Gasteiger partial charge >= 0.3 is 0 Å². The fourth-order valence-electron chi connectivity index (χ4n) is 2.57. The highest BCUT2D eigenvalue weighted by Gasteiger charge is 2.48. The molecule has 142 valence electrons. The quantitative estimate of drug-likeness (QED) is 0.352. The summed E-state index contributed by atoms with van der Waals surface area (Å²) in [7, 11) is 1.56. The van der Waals surface area contributed by atoms with Crippen molar-refractivity contribution in [3.8, 4) is 0 Å². The van der Waals surface area contributed by atoms with Crippen LogP contribution in [0.25, 0.3) is 0 Å². The normalized spacial score (nSPS) is 29.1. The molecule has 0 radical (unpaired) electrons. The van der Waals surface area contributed by atoms with Crippen LogP contribution in [0, 0.1) is 0 Å². The molecule has 6 nitrogen and oxygen atoms in total. The SMILES string of the molecule is C=CCOC[C@H]1O[C@H](OC)C(OCC=C)[C@@H](OCC=C)[C@@H]1OCC=C. The second kappa shape index (κ2) is 13.0. The van der Waals surface area contributed by atoms with Crippen LogP contribution in [-0.2, 0) is 28.4 Å². The predicted octanol–water partition coefficient (Wildman–Crippen LogP) is 2.27. The Balaban J connectivity index is 3.00. The van der Waals surface area contributed by atoms with Crippen LogP contribution in [0.15, 0.2) is 50.6 Å². The van der Waals surface area contributed by atoms with Crippen molar-refractivity contribution in [2.24, 2.45) is 0 Å². The summed E-state index contributed by atoms with van der Waals surface area (Å²) in [5, 5.41) is 0. The van der Waals surface area contributed by atoms with Gasteiger partial charge in [-0.15, -0.1) is 26.3 Å². The van der Waals surface area contributed by atoms with Gasteiger partial charge in [0.1, 0.15) is 24.4 Å². The van der Waals surface area contributed by atoms with E-state index in [2.05, 4.69) is 26.3 Å². The minimum absolute atomic E-state index is 0.315. The lowest BCUT2D eigenvalue weighted by Crippen LogP contribution is -2.61. The standard InChI is InChI=1S/C19H30O6/c1-6-10-21-14-15-16(22-11-7-2)17(23-12-8-3)18(24-13-9-4)19(20-5)25-15/h6-9,15-19H,1-4,10-14H2,5H3/t15-,16-,17+,18?,19+/m1/s1. The van der Waals surface area contributed by atoms with Gasteiger partial charge in [-0.1, -0.05) is 24.3 Å². The van der Waals surface area contributed by atoms with E-state index >= 15 is 0 Å². The number of rotatable bonds is 14. The molecule has 0 aromatic heterocycles. The minimum atomic E-state index is -0.615. The van der Waals surface area contributed by atoms with E-state index in [1.807, 2.05) is 0 Å². The van der Waals surface area contributed by atoms with E-state index in [0.717, 1.165) is 0 Å². The van der Waals surface area contributed by atoms with E-state index in [-0.39, 0.29) is 6.10 Å². The Kier molecular flexibility index (Phi) is 11.3. The van der Waals surface area contributed by atoms with Gasteiger partial charge in [0.05, 0.1) is 33.0 Å². The summed E-state index contributed by atoms with van der Waals surface area (Å²) in [6.07, 6.45) is 4.38. The highest BCUT2D eigenvalue weighted by atomic mass is 16.7. The maximum absolute atomic E-state index is 6.01. The summed E-state index contributed by atoms with van der Waals surface area (Å²) in [6, 6.07) is 0. The number of hydrogen-bond donors (Lipinski definition) is 0. The lowest BCUT2D eigenvalue weighted by atomic mass is 9.98. The summed E-state index contributed by atoms with van der Waals surface area (Å²) in [4.78, 5) is 0. The number of ether oxygens (including phenoxy) is 6. The molecule has 0 aromatic rings. The van der Waals surface area contributed by atoms with Crippen molar-refractivity contribution < 1.29 is 28.4 Å². The van der Waals surface area contributed by atoms with Gasteiger partial charge < -0.3 is 28.4 Å². The van der Waals surface area contributed by atoms with E-state index < -0.39 is 24.6 Å². The number of methoxy groups -OCH3 is 1. The zero-order valence-corrected chi connectivity index (χ0v) is 15.0. The van der Waals surface area contributed by atoms with Gasteiger partial charge in [-0.3, -0.25) is 0 Å². The highest BCUT2D eigenvalue weighted by molar-refractivity contribution is 4.94. The van der Waals surface area contributed by atoms with Crippen molar-refractivity contribution in [3.05, 3.63) is 50.6 Å². The fourth-order valence-corrected chi connectivity index (χ4v) is 2.57. The van der Waals surface area contributed by atoms with Gasteiger partial charge in [0, 0.05) is 7.11 Å². The van der Waals surface area contributed by atoms with Crippen LogP contribution >= 0.6 is 0 Å². The third-order valence-electron chi connectivity index (χ3n) is 3.56. The fraction of sp³-hybridized carbons (Fsp3) is 0.579. The molecule has 0 saturated carbocycles. The van der Waals surface area contributed by atoms with Crippen LogP contribution in [0.2, 0.25) is 0 Å². The van der Waals surface area contributed by atoms with E-state index in [9.17, 15) is 0 Å². The Bertz CT molecular complexity index is 411. The largest absolute Gasteiger partial charge is 0.375 e. The molecule has 1 fully saturated rings. The van der Waals surface area contributed by atoms with Crippen LogP contribution in [0.1, 0.15) is 0 Å². The van der Waals surface area contributed by atoms with Crippen LogP contribution in [0.4, 0.5) is 0 Å². The summed E-state index contributed by atoms with van der Waals surface area (Å²) < 4.78 is 34.7. The van der Waals surface area contributed by atoms with E-state index in [4.69, 9.17) is 28.4 Å². The third-order valence-corrected chi connectivity index (χ3v) is 3.56. The molecule has 1 rings (SSSR count). The van der Waals surface area contributed by atoms with E-state index in [0.29, 0.717) is 33.0 Å². The summed E-state index contributed by atoms with van der Waals surface area (Å²) >= 11 is 0. The Morgan fingerprint density at radius 3 is 1.80 bits per heavy atom. The van der Waals surface area contributed by atoms with Crippen LogP contribution in [0.5, 0.6) is 0 Å². The Morgan fingerprint density at radius 1 is 0.760 bits per heavy atom. The molecule has 0 aliphatic carbocycles.